The van der Waals surface area contributed by atoms with Crippen molar-refractivity contribution in [2.24, 2.45) is 5.73 Å². The van der Waals surface area contributed by atoms with E-state index in [2.05, 4.69) is 10.2 Å². The van der Waals surface area contributed by atoms with Gasteiger partial charge in [-0.25, -0.2) is 23.6 Å². The average Bonchev–Trinajstić information content (AvgIpc) is 2.97. The molecule has 0 bridgehead atoms. The number of nitrogens with one attached hydrogen (secondary N) is 1. The van der Waals surface area contributed by atoms with Crippen molar-refractivity contribution in [3.63, 3.8) is 0 Å². The molecule has 0 fully saturated rings. The molecule has 2 aromatic rings. The van der Waals surface area contributed by atoms with Gasteiger partial charge in [-0.15, -0.1) is 0 Å². The Balaban J connectivity index is 0.00000130. The van der Waals surface area contributed by atoms with Crippen LogP contribution in [0.1, 0.15) is 29.8 Å². The molecule has 0 aliphatic rings. The topological polar surface area (TPSA) is 245 Å². The Kier molecular flexibility index (Phi) is 17.8. The zero-order chi connectivity index (χ0) is 34.0. The molecule has 0 spiro atoms. The third-order valence-electron chi connectivity index (χ3n) is 5.41. The number of imide groups is 1. The van der Waals surface area contributed by atoms with Crippen LogP contribution < -0.4 is 16.0 Å². The predicted octanol–water partition coefficient (Wildman–Crippen LogP) is 0.771. The normalized spacial score (nSPS) is 9.86. The number of nitrogens with zero attached hydrogens (tertiary/aromatic N) is 2. The van der Waals surface area contributed by atoms with Gasteiger partial charge in [0.15, 0.2) is 5.78 Å². The van der Waals surface area contributed by atoms with Gasteiger partial charge in [0.05, 0.1) is 18.7 Å². The summed E-state index contributed by atoms with van der Waals surface area (Å²) in [5.74, 6) is -9.65. The molecule has 0 aromatic heterocycles. The first-order valence-corrected chi connectivity index (χ1v) is 13.0. The van der Waals surface area contributed by atoms with Crippen molar-refractivity contribution in [1.82, 2.24) is 10.2 Å². The number of hydrogen-bond donors (Lipinski definition) is 6. The highest BCUT2D eigenvalue weighted by Gasteiger charge is 2.23. The molecule has 2 aromatic carbocycles. The maximum absolute atomic E-state index is 14.3. The van der Waals surface area contributed by atoms with Gasteiger partial charge < -0.3 is 36.0 Å². The van der Waals surface area contributed by atoms with Crippen LogP contribution in [0, 0.1) is 5.82 Å². The van der Waals surface area contributed by atoms with E-state index in [4.69, 9.17) is 56.9 Å². The number of nitrogens with two attached hydrogens (primary N) is 1. The predicted molar refractivity (Wildman–Crippen MR) is 154 cm³/mol. The molecule has 0 unspecified atom stereocenters. The number of hydrogen-bond acceptors (Lipinski definition) is 10. The number of amides is 2. The number of carbonyl (C=O) groups is 7. The minimum Gasteiger partial charge on any atom is -0.473 e. The second-order valence-electron chi connectivity index (χ2n) is 8.31. The number of likely N-dealkylation sites (N-methyl/N-ethyl adjacent to an activating group) is 1. The van der Waals surface area contributed by atoms with Crippen LogP contribution in [-0.2, 0) is 28.8 Å². The number of aliphatic carboxylic acids is 4. The Morgan fingerprint density at radius 2 is 1.32 bits per heavy atom. The molecule has 0 atom stereocenters. The molecule has 15 nitrogen and oxygen atoms in total. The van der Waals surface area contributed by atoms with Crippen molar-refractivity contribution >= 4 is 58.8 Å². The zero-order valence-corrected chi connectivity index (χ0v) is 24.4. The van der Waals surface area contributed by atoms with E-state index in [9.17, 15) is 18.8 Å². The van der Waals surface area contributed by atoms with Crippen LogP contribution in [0.15, 0.2) is 42.5 Å². The van der Waals surface area contributed by atoms with E-state index in [-0.39, 0.29) is 24.2 Å². The highest BCUT2D eigenvalue weighted by atomic mass is 35.5. The maximum atomic E-state index is 14.3. The van der Waals surface area contributed by atoms with E-state index >= 15 is 0 Å². The number of carboxylic acid groups (broad SMARTS) is 4. The molecule has 0 saturated carbocycles. The zero-order valence-electron chi connectivity index (χ0n) is 23.7. The molecular weight excluding hydrogens is 611 g/mol. The molecule has 0 aliphatic carbocycles. The number of carbonyl (C=O) groups excluding carboxylic acids is 3. The summed E-state index contributed by atoms with van der Waals surface area (Å²) < 4.78 is 14.3. The van der Waals surface area contributed by atoms with Gasteiger partial charge >= 0.3 is 23.9 Å². The highest BCUT2D eigenvalue weighted by Crippen LogP contribution is 2.27. The SMILES string of the molecule is CCN(CC)CCN(CC(=O)NC(=O)CN)c1ccc(Cl)cc1C(=O)c1ccccc1F.O=C(O)C(=O)O.O=C(O)C(=O)O. The van der Waals surface area contributed by atoms with Crippen molar-refractivity contribution in [3.8, 4) is 0 Å². The first-order valence-electron chi connectivity index (χ1n) is 12.6. The Hall–Kier alpha value is -4.93. The fourth-order valence-corrected chi connectivity index (χ4v) is 3.43. The van der Waals surface area contributed by atoms with E-state index < -0.39 is 47.3 Å². The minimum absolute atomic E-state index is 0.0949. The second kappa shape index (κ2) is 20.1. The quantitative estimate of drug-likeness (QED) is 0.146. The van der Waals surface area contributed by atoms with E-state index in [1.165, 1.54) is 24.3 Å². The van der Waals surface area contributed by atoms with Crippen molar-refractivity contribution in [1.29, 1.82) is 0 Å². The Bertz CT molecular complexity index is 1300. The minimum atomic E-state index is -1.82. The van der Waals surface area contributed by atoms with E-state index in [1.807, 2.05) is 13.8 Å². The number of halogens is 2. The lowest BCUT2D eigenvalue weighted by molar-refractivity contribution is -0.159. The fraction of sp³-hybridized carbons (Fsp3) is 0.296. The molecule has 0 radical (unpaired) electrons. The molecule has 0 heterocycles. The third kappa shape index (κ3) is 14.3. The maximum Gasteiger partial charge on any atom is 0.414 e. The first kappa shape index (κ1) is 39.1. The van der Waals surface area contributed by atoms with Crippen LogP contribution in [-0.4, -0.2) is 106 Å². The molecule has 2 rings (SSSR count). The lowest BCUT2D eigenvalue weighted by Crippen LogP contribution is -2.45. The molecule has 2 amide bonds. The average molecular weight is 643 g/mol. The lowest BCUT2D eigenvalue weighted by Gasteiger charge is -2.29. The van der Waals surface area contributed by atoms with Crippen LogP contribution in [0.5, 0.6) is 0 Å². The van der Waals surface area contributed by atoms with Gasteiger partial charge in [0.2, 0.25) is 11.8 Å². The smallest absolute Gasteiger partial charge is 0.414 e. The summed E-state index contributed by atoms with van der Waals surface area (Å²) in [6, 6.07) is 10.4. The van der Waals surface area contributed by atoms with E-state index in [0.717, 1.165) is 13.1 Å². The van der Waals surface area contributed by atoms with Crippen LogP contribution >= 0.6 is 11.6 Å². The van der Waals surface area contributed by atoms with Gasteiger partial charge in [0.1, 0.15) is 5.82 Å². The van der Waals surface area contributed by atoms with Crippen LogP contribution in [0.3, 0.4) is 0 Å². The van der Waals surface area contributed by atoms with Crippen LogP contribution in [0.4, 0.5) is 10.1 Å². The summed E-state index contributed by atoms with van der Waals surface area (Å²) in [6.45, 7) is 6.17. The van der Waals surface area contributed by atoms with Gasteiger partial charge in [-0.3, -0.25) is 19.7 Å². The third-order valence-corrected chi connectivity index (χ3v) is 5.64. The molecule has 240 valence electrons. The van der Waals surface area contributed by atoms with Crippen molar-refractivity contribution in [3.05, 3.63) is 64.4 Å². The molecule has 17 heteroatoms. The second-order valence-corrected chi connectivity index (χ2v) is 8.75. The summed E-state index contributed by atoms with van der Waals surface area (Å²) in [5, 5.41) is 32.1. The monoisotopic (exact) mass is 642 g/mol. The van der Waals surface area contributed by atoms with E-state index in [0.29, 0.717) is 23.8 Å². The van der Waals surface area contributed by atoms with Crippen molar-refractivity contribution in [2.45, 2.75) is 13.8 Å². The molecular formula is C27H32ClFN4O11. The van der Waals surface area contributed by atoms with Crippen LogP contribution in [0.25, 0.3) is 0 Å². The number of ketones is 1. The largest absolute Gasteiger partial charge is 0.473 e. The van der Waals surface area contributed by atoms with Gasteiger partial charge in [-0.1, -0.05) is 37.6 Å². The van der Waals surface area contributed by atoms with Gasteiger partial charge in [-0.05, 0) is 43.4 Å². The van der Waals surface area contributed by atoms with Crippen LogP contribution in [0.2, 0.25) is 5.02 Å². The highest BCUT2D eigenvalue weighted by molar-refractivity contribution is 6.31. The Morgan fingerprint density at radius 3 is 1.77 bits per heavy atom. The molecule has 0 saturated heterocycles. The Labute approximate surface area is 255 Å². The summed E-state index contributed by atoms with van der Waals surface area (Å²) in [4.78, 5) is 77.4. The molecule has 0 aliphatic heterocycles. The summed E-state index contributed by atoms with van der Waals surface area (Å²) in [7, 11) is 0. The number of rotatable bonds is 11. The fourth-order valence-electron chi connectivity index (χ4n) is 3.26. The van der Waals surface area contributed by atoms with Gasteiger partial charge in [-0.2, -0.15) is 0 Å². The van der Waals surface area contributed by atoms with Crippen molar-refractivity contribution < 1.29 is 58.4 Å². The molecule has 44 heavy (non-hydrogen) atoms. The summed E-state index contributed by atoms with van der Waals surface area (Å²) in [6.07, 6.45) is 0. The summed E-state index contributed by atoms with van der Waals surface area (Å²) in [5.41, 5.74) is 5.77. The number of benzene rings is 2. The van der Waals surface area contributed by atoms with Gasteiger partial charge in [0.25, 0.3) is 0 Å². The number of anilines is 1. The first-order chi connectivity index (χ1) is 20.6. The molecule has 7 N–H and O–H groups in total. The standard InChI is InChI=1S/C23H28ClFN4O3.2C2H2O4/c1-3-28(4-2)11-12-29(15-22(31)27-21(30)14-26)20-10-9-16(24)13-18(20)23(32)17-7-5-6-8-19(17)25;2*3-1(4)2(5)6/h5-10,13H,3-4,11-12,14-15,26H2,1-2H3,(H,27,30,31);2*(H,3,4)(H,5,6). The summed E-state index contributed by atoms with van der Waals surface area (Å²) >= 11 is 6.15. The van der Waals surface area contributed by atoms with Crippen molar-refractivity contribution in [2.75, 3.05) is 44.2 Å². The van der Waals surface area contributed by atoms with E-state index in [1.54, 1.807) is 23.1 Å². The number of carboxylic acids is 4. The lowest BCUT2D eigenvalue weighted by atomic mass is 10.0. The van der Waals surface area contributed by atoms with Gasteiger partial charge in [0, 0.05) is 29.4 Å². The Morgan fingerprint density at radius 1 is 0.795 bits per heavy atom.